The number of nitrogens with one attached hydrogen (secondary N) is 1. The first-order valence-corrected chi connectivity index (χ1v) is 9.90. The van der Waals surface area contributed by atoms with Gasteiger partial charge < -0.3 is 20.0 Å². The van der Waals surface area contributed by atoms with Crippen LogP contribution in [0.5, 0.6) is 0 Å². The molecule has 4 rings (SSSR count). The fourth-order valence-electron chi connectivity index (χ4n) is 3.97. The molecule has 1 saturated heterocycles. The van der Waals surface area contributed by atoms with E-state index in [0.29, 0.717) is 0 Å². The van der Waals surface area contributed by atoms with Crippen molar-refractivity contribution in [2.75, 3.05) is 56.1 Å². The fourth-order valence-corrected chi connectivity index (χ4v) is 3.97. The number of guanidine groups is 1. The molecule has 0 unspecified atom stereocenters. The van der Waals surface area contributed by atoms with E-state index in [1.165, 1.54) is 16.9 Å². The Morgan fingerprint density at radius 1 is 0.964 bits per heavy atom. The van der Waals surface area contributed by atoms with Crippen LogP contribution in [0, 0.1) is 0 Å². The number of piperazine rings is 1. The SMILES string of the molecule is CN=C(NCC(=O)N1CCN(c2ccccc2)CC1)N1CCc2ccccc21. The zero-order chi connectivity index (χ0) is 19.3. The van der Waals surface area contributed by atoms with Crippen molar-refractivity contribution in [3.63, 3.8) is 0 Å². The molecule has 1 amide bonds. The number of para-hydroxylation sites is 2. The first-order valence-electron chi connectivity index (χ1n) is 9.90. The molecule has 2 aromatic rings. The first-order chi connectivity index (χ1) is 13.8. The predicted molar refractivity (Wildman–Crippen MR) is 114 cm³/mol. The van der Waals surface area contributed by atoms with Crippen LogP contribution in [0.15, 0.2) is 59.6 Å². The van der Waals surface area contributed by atoms with E-state index in [9.17, 15) is 4.79 Å². The highest BCUT2D eigenvalue weighted by Crippen LogP contribution is 2.27. The van der Waals surface area contributed by atoms with Crippen LogP contribution in [0.1, 0.15) is 5.56 Å². The van der Waals surface area contributed by atoms with Gasteiger partial charge in [0.15, 0.2) is 5.96 Å². The Bertz CT molecular complexity index is 843. The van der Waals surface area contributed by atoms with Crippen LogP contribution in [0.2, 0.25) is 0 Å². The lowest BCUT2D eigenvalue weighted by Gasteiger charge is -2.36. The summed E-state index contributed by atoms with van der Waals surface area (Å²) in [5.74, 6) is 0.891. The number of carbonyl (C=O) groups is 1. The quantitative estimate of drug-likeness (QED) is 0.656. The largest absolute Gasteiger partial charge is 0.368 e. The molecule has 0 atom stereocenters. The second-order valence-electron chi connectivity index (χ2n) is 7.13. The highest BCUT2D eigenvalue weighted by atomic mass is 16.2. The van der Waals surface area contributed by atoms with Gasteiger partial charge in [0, 0.05) is 51.1 Å². The van der Waals surface area contributed by atoms with Crippen molar-refractivity contribution in [2.24, 2.45) is 4.99 Å². The zero-order valence-electron chi connectivity index (χ0n) is 16.3. The molecular weight excluding hydrogens is 350 g/mol. The average molecular weight is 377 g/mol. The molecule has 146 valence electrons. The topological polar surface area (TPSA) is 51.2 Å². The highest BCUT2D eigenvalue weighted by Gasteiger charge is 2.25. The van der Waals surface area contributed by atoms with Gasteiger partial charge in [-0.25, -0.2) is 0 Å². The molecule has 0 aromatic heterocycles. The van der Waals surface area contributed by atoms with Crippen molar-refractivity contribution in [2.45, 2.75) is 6.42 Å². The number of amides is 1. The van der Waals surface area contributed by atoms with Gasteiger partial charge in [0.05, 0.1) is 6.54 Å². The van der Waals surface area contributed by atoms with Gasteiger partial charge in [-0.3, -0.25) is 9.79 Å². The van der Waals surface area contributed by atoms with Gasteiger partial charge in [-0.15, -0.1) is 0 Å². The van der Waals surface area contributed by atoms with E-state index < -0.39 is 0 Å². The minimum atomic E-state index is 0.126. The summed E-state index contributed by atoms with van der Waals surface area (Å²) in [6.45, 7) is 4.40. The van der Waals surface area contributed by atoms with Gasteiger partial charge >= 0.3 is 0 Å². The summed E-state index contributed by atoms with van der Waals surface area (Å²) in [7, 11) is 1.77. The van der Waals surface area contributed by atoms with Crippen LogP contribution < -0.4 is 15.1 Å². The Balaban J connectivity index is 1.30. The maximum atomic E-state index is 12.7. The number of anilines is 2. The molecule has 2 aromatic carbocycles. The van der Waals surface area contributed by atoms with Gasteiger partial charge in [-0.05, 0) is 30.2 Å². The third-order valence-corrected chi connectivity index (χ3v) is 5.51. The Labute approximate surface area is 166 Å². The number of hydrogen-bond donors (Lipinski definition) is 1. The maximum absolute atomic E-state index is 12.7. The van der Waals surface area contributed by atoms with E-state index in [0.717, 1.165) is 45.1 Å². The number of aliphatic imine (C=N–C) groups is 1. The number of benzene rings is 2. The molecule has 2 aliphatic heterocycles. The molecule has 0 bridgehead atoms. The summed E-state index contributed by atoms with van der Waals surface area (Å²) in [6.07, 6.45) is 1.01. The molecule has 0 saturated carbocycles. The van der Waals surface area contributed by atoms with Crippen LogP contribution in [-0.4, -0.2) is 63.1 Å². The Morgan fingerprint density at radius 3 is 2.43 bits per heavy atom. The van der Waals surface area contributed by atoms with Crippen LogP contribution in [-0.2, 0) is 11.2 Å². The normalized spacial score (nSPS) is 16.9. The standard InChI is InChI=1S/C22H27N5O/c1-23-22(27-12-11-18-7-5-6-10-20(18)27)24-17-21(28)26-15-13-25(14-16-26)19-8-3-2-4-9-19/h2-10H,11-17H2,1H3,(H,23,24). The van der Waals surface area contributed by atoms with Crippen molar-refractivity contribution in [1.82, 2.24) is 10.2 Å². The number of hydrogen-bond acceptors (Lipinski definition) is 3. The van der Waals surface area contributed by atoms with Crippen LogP contribution in [0.25, 0.3) is 0 Å². The third-order valence-electron chi connectivity index (χ3n) is 5.51. The van der Waals surface area contributed by atoms with Crippen molar-refractivity contribution in [1.29, 1.82) is 0 Å². The molecule has 6 heteroatoms. The van der Waals surface area contributed by atoms with Gasteiger partial charge in [0.25, 0.3) is 0 Å². The van der Waals surface area contributed by atoms with Gasteiger partial charge in [0.1, 0.15) is 0 Å². The second kappa shape index (κ2) is 8.33. The fraction of sp³-hybridized carbons (Fsp3) is 0.364. The highest BCUT2D eigenvalue weighted by molar-refractivity contribution is 5.99. The molecule has 2 aliphatic rings. The monoisotopic (exact) mass is 377 g/mol. The Hall–Kier alpha value is -3.02. The predicted octanol–water partition coefficient (Wildman–Crippen LogP) is 1.97. The lowest BCUT2D eigenvalue weighted by atomic mass is 10.2. The zero-order valence-corrected chi connectivity index (χ0v) is 16.3. The Morgan fingerprint density at radius 2 is 1.68 bits per heavy atom. The summed E-state index contributed by atoms with van der Waals surface area (Å²) in [5.41, 5.74) is 3.73. The molecule has 6 nitrogen and oxygen atoms in total. The van der Waals surface area contributed by atoms with Crippen LogP contribution in [0.4, 0.5) is 11.4 Å². The molecule has 0 spiro atoms. The van der Waals surface area contributed by atoms with Gasteiger partial charge in [-0.2, -0.15) is 0 Å². The molecule has 1 N–H and O–H groups in total. The summed E-state index contributed by atoms with van der Waals surface area (Å²) in [5, 5.41) is 3.26. The van der Waals surface area contributed by atoms with Crippen LogP contribution in [0.3, 0.4) is 0 Å². The van der Waals surface area contributed by atoms with E-state index in [2.05, 4.69) is 62.6 Å². The molecule has 0 aliphatic carbocycles. The smallest absolute Gasteiger partial charge is 0.242 e. The van der Waals surface area contributed by atoms with E-state index in [1.54, 1.807) is 7.05 Å². The summed E-state index contributed by atoms with van der Waals surface area (Å²) < 4.78 is 0. The van der Waals surface area contributed by atoms with Crippen molar-refractivity contribution in [3.8, 4) is 0 Å². The molecule has 2 heterocycles. The minimum absolute atomic E-state index is 0.126. The van der Waals surface area contributed by atoms with E-state index in [1.807, 2.05) is 17.0 Å². The molecule has 0 radical (unpaired) electrons. The van der Waals surface area contributed by atoms with E-state index in [4.69, 9.17) is 0 Å². The lowest BCUT2D eigenvalue weighted by Crippen LogP contribution is -2.52. The second-order valence-corrected chi connectivity index (χ2v) is 7.13. The minimum Gasteiger partial charge on any atom is -0.368 e. The number of fused-ring (bicyclic) bond motifs is 1. The van der Waals surface area contributed by atoms with E-state index in [-0.39, 0.29) is 12.5 Å². The third kappa shape index (κ3) is 3.81. The van der Waals surface area contributed by atoms with Gasteiger partial charge in [0.2, 0.25) is 5.91 Å². The maximum Gasteiger partial charge on any atom is 0.242 e. The lowest BCUT2D eigenvalue weighted by molar-refractivity contribution is -0.130. The van der Waals surface area contributed by atoms with Crippen molar-refractivity contribution < 1.29 is 4.79 Å². The van der Waals surface area contributed by atoms with Crippen molar-refractivity contribution >= 4 is 23.2 Å². The first kappa shape index (κ1) is 18.3. The Kier molecular flexibility index (Phi) is 5.46. The average Bonchev–Trinajstić information content (AvgIpc) is 3.19. The number of nitrogens with zero attached hydrogens (tertiary/aromatic N) is 4. The number of carbonyl (C=O) groups excluding carboxylic acids is 1. The van der Waals surface area contributed by atoms with Gasteiger partial charge in [-0.1, -0.05) is 36.4 Å². The number of rotatable bonds is 3. The van der Waals surface area contributed by atoms with Crippen molar-refractivity contribution in [3.05, 3.63) is 60.2 Å². The summed E-state index contributed by atoms with van der Waals surface area (Å²) in [4.78, 5) is 23.5. The molecular formula is C22H27N5O. The van der Waals surface area contributed by atoms with E-state index >= 15 is 0 Å². The van der Waals surface area contributed by atoms with Crippen LogP contribution >= 0.6 is 0 Å². The summed E-state index contributed by atoms with van der Waals surface area (Å²) in [6, 6.07) is 18.8. The molecule has 1 fully saturated rings. The molecule has 28 heavy (non-hydrogen) atoms. The summed E-state index contributed by atoms with van der Waals surface area (Å²) >= 11 is 0.